The maximum absolute atomic E-state index is 14.5. The van der Waals surface area contributed by atoms with Gasteiger partial charge in [-0.25, -0.2) is 9.71 Å². The van der Waals surface area contributed by atoms with Gasteiger partial charge in [-0.2, -0.15) is 8.42 Å². The fraction of sp³-hybridized carbons (Fsp3) is 0.658. The number of aromatic nitrogens is 1. The zero-order chi connectivity index (χ0) is 37.3. The van der Waals surface area contributed by atoms with Crippen LogP contribution in [0.3, 0.4) is 0 Å². The topological polar surface area (TPSA) is 168 Å². The van der Waals surface area contributed by atoms with E-state index in [1.165, 1.54) is 4.90 Å². The highest BCUT2D eigenvalue weighted by atomic mass is 32.2. The molecule has 6 rings (SSSR count). The first-order valence-corrected chi connectivity index (χ1v) is 20.0. The lowest BCUT2D eigenvalue weighted by molar-refractivity contribution is -0.159. The van der Waals surface area contributed by atoms with Crippen LogP contribution in [-0.2, 0) is 38.4 Å². The highest BCUT2D eigenvalue weighted by molar-refractivity contribution is 7.85. The number of carbonyl (C=O) groups is 4. The van der Waals surface area contributed by atoms with Gasteiger partial charge in [0.15, 0.2) is 5.78 Å². The van der Waals surface area contributed by atoms with E-state index in [0.29, 0.717) is 43.7 Å². The van der Waals surface area contributed by atoms with Crippen LogP contribution in [0.4, 0.5) is 0 Å². The average Bonchev–Trinajstić information content (AvgIpc) is 3.98. The Kier molecular flexibility index (Phi) is 11.2. The van der Waals surface area contributed by atoms with E-state index >= 15 is 0 Å². The van der Waals surface area contributed by atoms with E-state index in [1.807, 2.05) is 18.2 Å². The number of nitrogens with one attached hydrogen (secondary N) is 1. The van der Waals surface area contributed by atoms with Crippen molar-refractivity contribution in [2.24, 2.45) is 17.3 Å². The van der Waals surface area contributed by atoms with Crippen LogP contribution in [0.2, 0.25) is 0 Å². The third kappa shape index (κ3) is 9.22. The fourth-order valence-electron chi connectivity index (χ4n) is 7.73. The third-order valence-corrected chi connectivity index (χ3v) is 11.6. The molecule has 0 unspecified atom stereocenters. The lowest BCUT2D eigenvalue weighted by Crippen LogP contribution is -2.46. The number of benzene rings is 1. The summed E-state index contributed by atoms with van der Waals surface area (Å²) in [6, 6.07) is 6.39. The molecule has 1 aromatic heterocycles. The van der Waals surface area contributed by atoms with E-state index in [-0.39, 0.29) is 43.4 Å². The van der Waals surface area contributed by atoms with Crippen molar-refractivity contribution in [2.45, 2.75) is 128 Å². The standard InChI is InChI=1S/C38H51N3O10S/c1-37(2,3)50-33(43)19-25-10-8-6-5-7-9-11-26-21-38(26,36(45)40-52(46,47)51-27-12-13-27)22-32(42)31-20-29(23-41(31)35(25)44)49-34-30-15-14-28(48-4)18-24(30)16-17-39-34/h14-18,25-27,29,31H,5-13,19-23H2,1-4H3,(H,40,45)/t25-,26-,29-,31+,38-/m1/s1. The highest BCUT2D eigenvalue weighted by Gasteiger charge is 2.62. The summed E-state index contributed by atoms with van der Waals surface area (Å²) in [6.07, 6.45) is 7.30. The van der Waals surface area contributed by atoms with Gasteiger partial charge >= 0.3 is 16.3 Å². The second-order valence-corrected chi connectivity index (χ2v) is 17.2. The number of nitrogens with zero attached hydrogens (tertiary/aromatic N) is 2. The largest absolute Gasteiger partial charge is 0.497 e. The molecule has 3 heterocycles. The lowest BCUT2D eigenvalue weighted by atomic mass is 9.90. The van der Waals surface area contributed by atoms with Crippen LogP contribution in [0.5, 0.6) is 11.6 Å². The van der Waals surface area contributed by atoms with E-state index in [4.69, 9.17) is 18.4 Å². The highest BCUT2D eigenvalue weighted by Crippen LogP contribution is 2.58. The van der Waals surface area contributed by atoms with E-state index in [9.17, 15) is 27.6 Å². The lowest BCUT2D eigenvalue weighted by Gasteiger charge is -2.29. The smallest absolute Gasteiger partial charge is 0.362 e. The molecular formula is C38H51N3O10S. The molecule has 4 aliphatic rings. The summed E-state index contributed by atoms with van der Waals surface area (Å²) < 4.78 is 50.0. The van der Waals surface area contributed by atoms with E-state index in [1.54, 1.807) is 40.1 Å². The Labute approximate surface area is 305 Å². The molecule has 2 aliphatic heterocycles. The maximum atomic E-state index is 14.5. The molecule has 52 heavy (non-hydrogen) atoms. The van der Waals surface area contributed by atoms with E-state index < -0.39 is 57.4 Å². The van der Waals surface area contributed by atoms with Crippen molar-refractivity contribution >= 4 is 44.6 Å². The van der Waals surface area contributed by atoms with Crippen LogP contribution in [0.15, 0.2) is 30.5 Å². The van der Waals surface area contributed by atoms with Gasteiger partial charge in [-0.05, 0) is 88.4 Å². The number of amides is 2. The predicted molar refractivity (Wildman–Crippen MR) is 190 cm³/mol. The molecule has 2 aliphatic carbocycles. The van der Waals surface area contributed by atoms with Gasteiger partial charge in [-0.1, -0.05) is 32.1 Å². The Balaban J connectivity index is 1.29. The molecular weight excluding hydrogens is 690 g/mol. The average molecular weight is 742 g/mol. The molecule has 13 nitrogen and oxygen atoms in total. The molecule has 4 fully saturated rings. The van der Waals surface area contributed by atoms with E-state index in [0.717, 1.165) is 42.9 Å². The van der Waals surface area contributed by atoms with Crippen molar-refractivity contribution in [3.63, 3.8) is 0 Å². The Morgan fingerprint density at radius 2 is 1.73 bits per heavy atom. The first-order valence-electron chi connectivity index (χ1n) is 18.6. The van der Waals surface area contributed by atoms with Crippen molar-refractivity contribution in [3.8, 4) is 11.6 Å². The number of esters is 1. The number of pyridine rings is 1. The summed E-state index contributed by atoms with van der Waals surface area (Å²) in [6.45, 7) is 5.40. The molecule has 2 amide bonds. The van der Waals surface area contributed by atoms with Gasteiger partial charge in [-0.15, -0.1) is 0 Å². The van der Waals surface area contributed by atoms with Crippen LogP contribution >= 0.6 is 0 Å². The van der Waals surface area contributed by atoms with Crippen LogP contribution in [0.1, 0.15) is 104 Å². The normalized spacial score (nSPS) is 27.5. The SMILES string of the molecule is COc1ccc2c(O[C@@H]3C[C@H]4C(=O)C[C@]5(C(=O)NS(=O)(=O)OC6CC6)C[C@H]5CCCCCCC[C@H](CC(=O)OC(C)(C)C)C(=O)N4C3)nccc2c1. The number of Topliss-reactive ketones (excluding diaryl/α,β-unsaturated/α-hetero) is 1. The second kappa shape index (κ2) is 15.3. The van der Waals surface area contributed by atoms with Crippen molar-refractivity contribution in [1.29, 1.82) is 0 Å². The first-order chi connectivity index (χ1) is 24.7. The first kappa shape index (κ1) is 38.0. The molecule has 284 valence electrons. The molecule has 2 saturated carbocycles. The Hall–Kier alpha value is -3.78. The summed E-state index contributed by atoms with van der Waals surface area (Å²) in [7, 11) is -2.75. The van der Waals surface area contributed by atoms with Gasteiger partial charge in [-0.3, -0.25) is 23.4 Å². The number of rotatable bonds is 9. The van der Waals surface area contributed by atoms with Gasteiger partial charge in [0.25, 0.3) is 0 Å². The zero-order valence-corrected chi connectivity index (χ0v) is 31.4. The minimum Gasteiger partial charge on any atom is -0.497 e. The number of hydrogen-bond acceptors (Lipinski definition) is 11. The molecule has 14 heteroatoms. The van der Waals surface area contributed by atoms with Crippen LogP contribution in [-0.4, -0.2) is 79.4 Å². The Bertz CT molecular complexity index is 1790. The molecule has 1 aromatic carbocycles. The van der Waals surface area contributed by atoms with Crippen molar-refractivity contribution in [1.82, 2.24) is 14.6 Å². The molecule has 2 saturated heterocycles. The van der Waals surface area contributed by atoms with Gasteiger partial charge in [0.05, 0.1) is 37.6 Å². The number of methoxy groups -OCH3 is 1. The Morgan fingerprint density at radius 1 is 1.00 bits per heavy atom. The van der Waals surface area contributed by atoms with Gasteiger partial charge in [0.1, 0.15) is 17.5 Å². The summed E-state index contributed by atoms with van der Waals surface area (Å²) in [5.41, 5.74) is -1.95. The van der Waals surface area contributed by atoms with Crippen LogP contribution in [0.25, 0.3) is 10.8 Å². The minimum atomic E-state index is -4.34. The third-order valence-electron chi connectivity index (χ3n) is 10.6. The fourth-order valence-corrected chi connectivity index (χ4v) is 8.76. The predicted octanol–water partition coefficient (Wildman–Crippen LogP) is 5.19. The van der Waals surface area contributed by atoms with Crippen molar-refractivity contribution in [3.05, 3.63) is 30.5 Å². The van der Waals surface area contributed by atoms with Crippen LogP contribution < -0.4 is 14.2 Å². The van der Waals surface area contributed by atoms with Gasteiger partial charge in [0.2, 0.25) is 17.7 Å². The number of carbonyl (C=O) groups excluding carboxylic acids is 4. The number of hydrogen-bond donors (Lipinski definition) is 1. The minimum absolute atomic E-state index is 0.0700. The summed E-state index contributed by atoms with van der Waals surface area (Å²) in [5.74, 6) is -1.78. The van der Waals surface area contributed by atoms with Gasteiger partial charge in [0, 0.05) is 30.3 Å². The zero-order valence-electron chi connectivity index (χ0n) is 30.6. The Morgan fingerprint density at radius 3 is 2.44 bits per heavy atom. The van der Waals surface area contributed by atoms with Gasteiger partial charge < -0.3 is 19.1 Å². The monoisotopic (exact) mass is 741 g/mol. The maximum Gasteiger partial charge on any atom is 0.362 e. The quantitative estimate of drug-likeness (QED) is 0.336. The molecule has 1 N–H and O–H groups in total. The second-order valence-electron chi connectivity index (χ2n) is 15.9. The summed E-state index contributed by atoms with van der Waals surface area (Å²) >= 11 is 0. The molecule has 0 bridgehead atoms. The van der Waals surface area contributed by atoms with Crippen LogP contribution in [0, 0.1) is 17.3 Å². The molecule has 0 spiro atoms. The molecule has 5 atom stereocenters. The summed E-state index contributed by atoms with van der Waals surface area (Å²) in [5, 5.41) is 1.58. The molecule has 2 aromatic rings. The van der Waals surface area contributed by atoms with Crippen molar-refractivity contribution < 1.29 is 46.0 Å². The van der Waals surface area contributed by atoms with Crippen molar-refractivity contribution in [2.75, 3.05) is 13.7 Å². The number of ketones is 1. The van der Waals surface area contributed by atoms with E-state index in [2.05, 4.69) is 9.71 Å². The summed E-state index contributed by atoms with van der Waals surface area (Å²) in [4.78, 5) is 61.7. The number of ether oxygens (including phenoxy) is 3. The number of fused-ring (bicyclic) bond motifs is 3. The molecule has 0 radical (unpaired) electrons.